The van der Waals surface area contributed by atoms with E-state index in [1.807, 2.05) is 0 Å². The first-order chi connectivity index (χ1) is 7.20. The van der Waals surface area contributed by atoms with Crippen LogP contribution in [0.4, 0.5) is 11.4 Å². The van der Waals surface area contributed by atoms with Gasteiger partial charge in [-0.15, -0.1) is 6.58 Å². The molecule has 0 unspecified atom stereocenters. The molecule has 0 aromatic heterocycles. The van der Waals surface area contributed by atoms with E-state index in [2.05, 4.69) is 11.6 Å². The molecule has 15 heavy (non-hydrogen) atoms. The second kappa shape index (κ2) is 4.91. The van der Waals surface area contributed by atoms with Gasteiger partial charge in [-0.25, -0.2) is 0 Å². The number of diazo groups is 1. The summed E-state index contributed by atoms with van der Waals surface area (Å²) >= 11 is 0. The lowest BCUT2D eigenvalue weighted by molar-refractivity contribution is -0.116. The SMILES string of the molecule is C=CCN(C(C)=O)c1ccccc1[N+]#N. The van der Waals surface area contributed by atoms with Gasteiger partial charge in [0.15, 0.2) is 4.98 Å². The van der Waals surface area contributed by atoms with Gasteiger partial charge in [0.1, 0.15) is 5.69 Å². The van der Waals surface area contributed by atoms with E-state index in [0.717, 1.165) is 0 Å². The van der Waals surface area contributed by atoms with E-state index in [-0.39, 0.29) is 5.91 Å². The predicted molar refractivity (Wildman–Crippen MR) is 59.4 cm³/mol. The first-order valence-corrected chi connectivity index (χ1v) is 4.54. The lowest BCUT2D eigenvalue weighted by Crippen LogP contribution is -2.28. The van der Waals surface area contributed by atoms with E-state index >= 15 is 0 Å². The van der Waals surface area contributed by atoms with E-state index in [0.29, 0.717) is 17.9 Å². The molecular formula is C11H12N3O+. The molecule has 1 rings (SSSR count). The van der Waals surface area contributed by atoms with Crippen LogP contribution in [0.1, 0.15) is 6.92 Å². The van der Waals surface area contributed by atoms with Crippen LogP contribution in [0.3, 0.4) is 0 Å². The zero-order valence-electron chi connectivity index (χ0n) is 8.55. The van der Waals surface area contributed by atoms with Crippen molar-refractivity contribution in [3.05, 3.63) is 41.9 Å². The zero-order valence-corrected chi connectivity index (χ0v) is 8.55. The standard InChI is InChI=1S/C11H12N3O/c1-3-8-14(9(2)15)11-7-5-4-6-10(11)13-12/h3-7H,1,8H2,2H3/q+1. The molecule has 1 aromatic rings. The summed E-state index contributed by atoms with van der Waals surface area (Å²) in [5.41, 5.74) is 0.946. The molecule has 0 spiro atoms. The van der Waals surface area contributed by atoms with Gasteiger partial charge in [0.05, 0.1) is 0 Å². The van der Waals surface area contributed by atoms with Crippen molar-refractivity contribution in [1.29, 1.82) is 5.39 Å². The minimum absolute atomic E-state index is 0.119. The highest BCUT2D eigenvalue weighted by molar-refractivity contribution is 5.95. The molecule has 4 heteroatoms. The van der Waals surface area contributed by atoms with Crippen LogP contribution in [-0.4, -0.2) is 12.5 Å². The molecule has 4 nitrogen and oxygen atoms in total. The number of carbonyl (C=O) groups excluding carboxylic acids is 1. The van der Waals surface area contributed by atoms with Gasteiger partial charge in [-0.3, -0.25) is 4.79 Å². The molecule has 76 valence electrons. The van der Waals surface area contributed by atoms with Gasteiger partial charge in [0, 0.05) is 19.5 Å². The largest absolute Gasteiger partial charge is 0.408 e. The average Bonchev–Trinajstić information content (AvgIpc) is 2.25. The molecule has 0 radical (unpaired) electrons. The van der Waals surface area contributed by atoms with E-state index < -0.39 is 0 Å². The summed E-state index contributed by atoms with van der Waals surface area (Å²) in [4.78, 5) is 16.0. The fraction of sp³-hybridized carbons (Fsp3) is 0.182. The number of carbonyl (C=O) groups is 1. The molecule has 0 fully saturated rings. The maximum atomic E-state index is 11.4. The second-order valence-corrected chi connectivity index (χ2v) is 3.01. The Balaban J connectivity index is 3.16. The third-order valence-electron chi connectivity index (χ3n) is 1.97. The quantitative estimate of drug-likeness (QED) is 0.559. The lowest BCUT2D eigenvalue weighted by Gasteiger charge is -2.16. The number of hydrogen-bond donors (Lipinski definition) is 0. The Hall–Kier alpha value is -2.15. The highest BCUT2D eigenvalue weighted by atomic mass is 16.2. The summed E-state index contributed by atoms with van der Waals surface area (Å²) in [5, 5.41) is 8.78. The number of rotatable bonds is 3. The van der Waals surface area contributed by atoms with E-state index in [1.54, 1.807) is 30.3 Å². The summed E-state index contributed by atoms with van der Waals surface area (Å²) in [7, 11) is 0. The number of para-hydroxylation sites is 1. The summed E-state index contributed by atoms with van der Waals surface area (Å²) in [5.74, 6) is -0.119. The fourth-order valence-electron chi connectivity index (χ4n) is 1.30. The monoisotopic (exact) mass is 202 g/mol. The van der Waals surface area contributed by atoms with Crippen LogP contribution in [0.25, 0.3) is 4.98 Å². The Morgan fingerprint density at radius 1 is 1.60 bits per heavy atom. The van der Waals surface area contributed by atoms with Crippen molar-refractivity contribution >= 4 is 17.3 Å². The van der Waals surface area contributed by atoms with Gasteiger partial charge < -0.3 is 4.90 Å². The van der Waals surface area contributed by atoms with Gasteiger partial charge in [-0.2, -0.15) is 0 Å². The van der Waals surface area contributed by atoms with Crippen LogP contribution in [0, 0.1) is 5.39 Å². The topological polar surface area (TPSA) is 48.5 Å². The minimum Gasteiger partial charge on any atom is -0.302 e. The maximum Gasteiger partial charge on any atom is 0.408 e. The molecule has 0 bridgehead atoms. The predicted octanol–water partition coefficient (Wildman–Crippen LogP) is 2.71. The number of hydrogen-bond acceptors (Lipinski definition) is 2. The molecule has 0 atom stereocenters. The average molecular weight is 202 g/mol. The molecule has 0 aliphatic carbocycles. The maximum absolute atomic E-state index is 11.4. The third kappa shape index (κ3) is 2.41. The van der Waals surface area contributed by atoms with Crippen LogP contribution in [-0.2, 0) is 4.79 Å². The molecule has 1 aromatic carbocycles. The summed E-state index contributed by atoms with van der Waals surface area (Å²) in [6.07, 6.45) is 1.62. The van der Waals surface area contributed by atoms with E-state index in [4.69, 9.17) is 5.39 Å². The van der Waals surface area contributed by atoms with Crippen LogP contribution < -0.4 is 4.90 Å². The highest BCUT2D eigenvalue weighted by Gasteiger charge is 2.20. The molecule has 0 aliphatic rings. The number of amides is 1. The van der Waals surface area contributed by atoms with Crippen LogP contribution in [0.5, 0.6) is 0 Å². The first kappa shape index (κ1) is 10.9. The van der Waals surface area contributed by atoms with E-state index in [1.165, 1.54) is 11.8 Å². The van der Waals surface area contributed by atoms with Crippen LogP contribution >= 0.6 is 0 Å². The normalized spacial score (nSPS) is 9.07. The third-order valence-corrected chi connectivity index (χ3v) is 1.97. The smallest absolute Gasteiger partial charge is 0.302 e. The number of anilines is 1. The minimum atomic E-state index is -0.119. The van der Waals surface area contributed by atoms with E-state index in [9.17, 15) is 4.79 Å². The Bertz CT molecular complexity index is 420. The number of nitrogens with zero attached hydrogens (tertiary/aromatic N) is 3. The van der Waals surface area contributed by atoms with Crippen molar-refractivity contribution in [2.75, 3.05) is 11.4 Å². The second-order valence-electron chi connectivity index (χ2n) is 3.01. The number of benzene rings is 1. The van der Waals surface area contributed by atoms with Crippen molar-refractivity contribution in [3.63, 3.8) is 0 Å². The van der Waals surface area contributed by atoms with Crippen LogP contribution in [0.15, 0.2) is 36.9 Å². The highest BCUT2D eigenvalue weighted by Crippen LogP contribution is 2.28. The molecule has 0 N–H and O–H groups in total. The van der Waals surface area contributed by atoms with Crippen molar-refractivity contribution in [2.24, 2.45) is 0 Å². The van der Waals surface area contributed by atoms with Gasteiger partial charge in [0.25, 0.3) is 0 Å². The van der Waals surface area contributed by atoms with Crippen molar-refractivity contribution < 1.29 is 4.79 Å². The van der Waals surface area contributed by atoms with Gasteiger partial charge >= 0.3 is 5.69 Å². The van der Waals surface area contributed by atoms with Crippen molar-refractivity contribution in [1.82, 2.24) is 0 Å². The summed E-state index contributed by atoms with van der Waals surface area (Å²) < 4.78 is 0. The Kier molecular flexibility index (Phi) is 3.58. The molecule has 0 saturated heterocycles. The fourth-order valence-corrected chi connectivity index (χ4v) is 1.30. The molecule has 0 heterocycles. The molecule has 0 aliphatic heterocycles. The van der Waals surface area contributed by atoms with Crippen LogP contribution in [0.2, 0.25) is 0 Å². The molecule has 0 saturated carbocycles. The summed E-state index contributed by atoms with van der Waals surface area (Å²) in [6, 6.07) is 6.88. The van der Waals surface area contributed by atoms with Gasteiger partial charge in [-0.05, 0) is 6.07 Å². The Labute approximate surface area is 88.4 Å². The van der Waals surface area contributed by atoms with Gasteiger partial charge in [-0.1, -0.05) is 18.2 Å². The summed E-state index contributed by atoms with van der Waals surface area (Å²) in [6.45, 7) is 5.42. The first-order valence-electron chi connectivity index (χ1n) is 4.54. The van der Waals surface area contributed by atoms with Crippen molar-refractivity contribution in [2.45, 2.75) is 6.92 Å². The van der Waals surface area contributed by atoms with Crippen molar-refractivity contribution in [3.8, 4) is 0 Å². The zero-order chi connectivity index (χ0) is 11.3. The molecular weight excluding hydrogens is 190 g/mol. The Morgan fingerprint density at radius 2 is 2.27 bits per heavy atom. The lowest BCUT2D eigenvalue weighted by atomic mass is 10.2. The Morgan fingerprint density at radius 3 is 2.80 bits per heavy atom. The molecule has 1 amide bonds. The van der Waals surface area contributed by atoms with Gasteiger partial charge in [0.2, 0.25) is 11.3 Å².